The summed E-state index contributed by atoms with van der Waals surface area (Å²) in [6.07, 6.45) is 1.99. The highest BCUT2D eigenvalue weighted by atomic mass is 32.2. The second kappa shape index (κ2) is 9.00. The molecule has 1 rings (SSSR count). The molecular formula is C15H25BN2O2S. The summed E-state index contributed by atoms with van der Waals surface area (Å²) < 4.78 is 5.86. The number of para-hydroxylation sites is 1. The third kappa shape index (κ3) is 5.63. The second-order valence-electron chi connectivity index (χ2n) is 5.24. The summed E-state index contributed by atoms with van der Waals surface area (Å²) in [5, 5.41) is 6.01. The molecule has 0 spiro atoms. The maximum atomic E-state index is 12.1. The Hall–Kier alpha value is -1.14. The summed E-state index contributed by atoms with van der Waals surface area (Å²) >= 11 is 1.65. The van der Waals surface area contributed by atoms with Gasteiger partial charge in [-0.2, -0.15) is 11.8 Å². The van der Waals surface area contributed by atoms with Crippen molar-refractivity contribution in [3.63, 3.8) is 0 Å². The molecule has 1 amide bonds. The van der Waals surface area contributed by atoms with E-state index in [9.17, 15) is 4.79 Å². The van der Waals surface area contributed by atoms with Gasteiger partial charge in [-0.15, -0.1) is 0 Å². The zero-order valence-electron chi connectivity index (χ0n) is 13.5. The van der Waals surface area contributed by atoms with Crippen molar-refractivity contribution >= 4 is 25.7 Å². The van der Waals surface area contributed by atoms with Crippen molar-refractivity contribution < 1.29 is 9.53 Å². The number of aryl methyl sites for hydroxylation is 2. The van der Waals surface area contributed by atoms with Gasteiger partial charge in [0.05, 0.1) is 12.1 Å². The first-order valence-electron chi connectivity index (χ1n) is 7.15. The Morgan fingerprint density at radius 2 is 2.00 bits per heavy atom. The number of carbonyl (C=O) groups excluding carboxylic acids is 1. The smallest absolute Gasteiger partial charge is 0.237 e. The Bertz CT molecular complexity index is 451. The first-order chi connectivity index (χ1) is 9.99. The maximum Gasteiger partial charge on any atom is 0.237 e. The Morgan fingerprint density at radius 1 is 1.38 bits per heavy atom. The van der Waals surface area contributed by atoms with Crippen LogP contribution < -0.4 is 15.3 Å². The summed E-state index contributed by atoms with van der Waals surface area (Å²) in [6, 6.07) is 5.88. The molecule has 0 radical (unpaired) electrons. The van der Waals surface area contributed by atoms with E-state index in [1.54, 1.807) is 19.7 Å². The number of amides is 1. The van der Waals surface area contributed by atoms with Crippen LogP contribution in [0.4, 0.5) is 0 Å². The molecule has 0 heterocycles. The number of rotatable bonds is 8. The molecule has 2 N–H and O–H groups in total. The first kappa shape index (κ1) is 17.9. The van der Waals surface area contributed by atoms with E-state index in [-0.39, 0.29) is 18.0 Å². The lowest BCUT2D eigenvalue weighted by atomic mass is 10.1. The van der Waals surface area contributed by atoms with Crippen LogP contribution in [0.1, 0.15) is 18.1 Å². The Morgan fingerprint density at radius 3 is 2.52 bits per heavy atom. The van der Waals surface area contributed by atoms with E-state index >= 15 is 0 Å². The fourth-order valence-electron chi connectivity index (χ4n) is 2.08. The zero-order chi connectivity index (χ0) is 15.8. The molecule has 1 unspecified atom stereocenters. The fraction of sp³-hybridized carbons (Fsp3) is 0.533. The largest absolute Gasteiger partial charge is 0.491 e. The average Bonchev–Trinajstić information content (AvgIpc) is 2.44. The molecule has 0 aliphatic heterocycles. The Balaban J connectivity index is 2.50. The van der Waals surface area contributed by atoms with Gasteiger partial charge in [0.2, 0.25) is 5.91 Å². The number of nitrogens with one attached hydrogen (secondary N) is 2. The molecule has 1 aromatic rings. The summed E-state index contributed by atoms with van der Waals surface area (Å²) in [5.41, 5.74) is 2.23. The molecule has 2 atom stereocenters. The molecule has 6 heteroatoms. The van der Waals surface area contributed by atoms with Crippen LogP contribution in [0.25, 0.3) is 0 Å². The van der Waals surface area contributed by atoms with E-state index in [0.29, 0.717) is 6.61 Å². The maximum absolute atomic E-state index is 12.1. The molecule has 0 saturated carbocycles. The summed E-state index contributed by atoms with van der Waals surface area (Å²) in [6.45, 7) is 6.48. The van der Waals surface area contributed by atoms with Crippen molar-refractivity contribution in [1.82, 2.24) is 10.5 Å². The van der Waals surface area contributed by atoms with Gasteiger partial charge in [0.1, 0.15) is 12.4 Å². The van der Waals surface area contributed by atoms with Crippen LogP contribution in [0.3, 0.4) is 0 Å². The van der Waals surface area contributed by atoms with E-state index in [1.165, 1.54) is 0 Å². The SMILES string of the molecule is BN[C@@H](CSC)C(=O)NC(C)COc1c(C)cccc1C. The molecular weight excluding hydrogens is 283 g/mol. The first-order valence-corrected chi connectivity index (χ1v) is 8.54. The number of thioether (sulfide) groups is 1. The van der Waals surface area contributed by atoms with Gasteiger partial charge in [-0.1, -0.05) is 18.2 Å². The monoisotopic (exact) mass is 308 g/mol. The topological polar surface area (TPSA) is 50.4 Å². The van der Waals surface area contributed by atoms with Crippen molar-refractivity contribution in [3.05, 3.63) is 29.3 Å². The van der Waals surface area contributed by atoms with Crippen LogP contribution in [-0.2, 0) is 4.79 Å². The standard InChI is InChI=1S/C15H25BN2O2S/c1-10-6-5-7-11(2)14(10)20-8-12(3)17-15(19)13(18-16)9-21-4/h5-7,12-13,18H,8-9,16H2,1-4H3,(H,17,19)/t12?,13-/m0/s1. The molecule has 0 fully saturated rings. The van der Waals surface area contributed by atoms with Crippen LogP contribution in [0.2, 0.25) is 0 Å². The third-order valence-electron chi connectivity index (χ3n) is 3.27. The normalized spacial score (nSPS) is 13.5. The number of benzene rings is 1. The van der Waals surface area contributed by atoms with Crippen molar-refractivity contribution in [1.29, 1.82) is 0 Å². The molecule has 0 aliphatic carbocycles. The van der Waals surface area contributed by atoms with Crippen LogP contribution in [0.5, 0.6) is 5.75 Å². The van der Waals surface area contributed by atoms with Crippen molar-refractivity contribution in [3.8, 4) is 5.75 Å². The van der Waals surface area contributed by atoms with Gasteiger partial charge in [-0.05, 0) is 38.2 Å². The van der Waals surface area contributed by atoms with Gasteiger partial charge in [-0.3, -0.25) is 4.79 Å². The lowest BCUT2D eigenvalue weighted by Gasteiger charge is -2.21. The summed E-state index contributed by atoms with van der Waals surface area (Å²) in [4.78, 5) is 12.1. The molecule has 0 aromatic heterocycles. The fourth-order valence-corrected chi connectivity index (χ4v) is 2.73. The van der Waals surface area contributed by atoms with Crippen LogP contribution >= 0.6 is 11.8 Å². The lowest BCUT2D eigenvalue weighted by molar-refractivity contribution is -0.123. The number of carbonyl (C=O) groups is 1. The van der Waals surface area contributed by atoms with Gasteiger partial charge < -0.3 is 15.3 Å². The molecule has 21 heavy (non-hydrogen) atoms. The molecule has 4 nitrogen and oxygen atoms in total. The van der Waals surface area contributed by atoms with Crippen molar-refractivity contribution in [2.45, 2.75) is 32.9 Å². The van der Waals surface area contributed by atoms with E-state index in [1.807, 2.05) is 45.2 Å². The molecule has 0 saturated heterocycles. The zero-order valence-corrected chi connectivity index (χ0v) is 14.3. The minimum absolute atomic E-state index is 0.0180. The van der Waals surface area contributed by atoms with E-state index in [2.05, 4.69) is 10.5 Å². The van der Waals surface area contributed by atoms with E-state index in [4.69, 9.17) is 4.74 Å². The second-order valence-corrected chi connectivity index (χ2v) is 6.15. The van der Waals surface area contributed by atoms with Crippen molar-refractivity contribution in [2.24, 2.45) is 0 Å². The quantitative estimate of drug-likeness (QED) is 0.705. The molecule has 116 valence electrons. The molecule has 1 aromatic carbocycles. The van der Waals surface area contributed by atoms with Gasteiger partial charge in [0.25, 0.3) is 0 Å². The number of hydrogen-bond donors (Lipinski definition) is 2. The van der Waals surface area contributed by atoms with Gasteiger partial charge in [-0.25, -0.2) is 0 Å². The molecule has 0 bridgehead atoms. The minimum Gasteiger partial charge on any atom is -0.491 e. The summed E-state index contributed by atoms with van der Waals surface area (Å²) in [5.74, 6) is 1.68. The predicted octanol–water partition coefficient (Wildman–Crippen LogP) is 1.06. The van der Waals surface area contributed by atoms with Crippen molar-refractivity contribution in [2.75, 3.05) is 18.6 Å². The summed E-state index contributed by atoms with van der Waals surface area (Å²) in [7, 11) is 1.80. The highest BCUT2D eigenvalue weighted by molar-refractivity contribution is 7.98. The van der Waals surface area contributed by atoms with Gasteiger partial charge >= 0.3 is 0 Å². The minimum atomic E-state index is -0.164. The van der Waals surface area contributed by atoms with E-state index < -0.39 is 0 Å². The Labute approximate surface area is 132 Å². The number of ether oxygens (including phenoxy) is 1. The Kier molecular flexibility index (Phi) is 7.68. The van der Waals surface area contributed by atoms with E-state index in [0.717, 1.165) is 22.6 Å². The van der Waals surface area contributed by atoms with Gasteiger partial charge in [0, 0.05) is 5.75 Å². The number of hydrogen-bond acceptors (Lipinski definition) is 4. The highest BCUT2D eigenvalue weighted by Crippen LogP contribution is 2.22. The van der Waals surface area contributed by atoms with Crippen LogP contribution in [0.15, 0.2) is 18.2 Å². The van der Waals surface area contributed by atoms with Gasteiger partial charge in [0.15, 0.2) is 7.98 Å². The highest BCUT2D eigenvalue weighted by Gasteiger charge is 2.17. The van der Waals surface area contributed by atoms with Crippen LogP contribution in [0, 0.1) is 13.8 Å². The lowest BCUT2D eigenvalue weighted by Crippen LogP contribution is -2.49. The van der Waals surface area contributed by atoms with Crippen LogP contribution in [-0.4, -0.2) is 44.6 Å². The third-order valence-corrected chi connectivity index (χ3v) is 3.94. The molecule has 0 aliphatic rings. The average molecular weight is 308 g/mol. The predicted molar refractivity (Wildman–Crippen MR) is 92.9 cm³/mol.